The predicted molar refractivity (Wildman–Crippen MR) is 109 cm³/mol. The van der Waals surface area contributed by atoms with Gasteiger partial charge in [-0.15, -0.1) is 0 Å². The van der Waals surface area contributed by atoms with Gasteiger partial charge in [-0.2, -0.15) is 5.10 Å². The van der Waals surface area contributed by atoms with E-state index < -0.39 is 0 Å². The Labute approximate surface area is 161 Å². The van der Waals surface area contributed by atoms with E-state index in [1.807, 2.05) is 24.4 Å². The molecule has 1 atom stereocenters. The molecule has 28 heavy (non-hydrogen) atoms. The Balaban J connectivity index is 1.78. The third-order valence-electron chi connectivity index (χ3n) is 4.97. The summed E-state index contributed by atoms with van der Waals surface area (Å²) in [6.45, 7) is 2.09. The highest BCUT2D eigenvalue weighted by Crippen LogP contribution is 2.29. The van der Waals surface area contributed by atoms with Crippen LogP contribution < -0.4 is 10.9 Å². The first-order valence-electron chi connectivity index (χ1n) is 9.01. The van der Waals surface area contributed by atoms with Crippen LogP contribution in [0.1, 0.15) is 34.5 Å². The maximum Gasteiger partial charge on any atom is 0.274 e. The largest absolute Gasteiger partial charge is 0.346 e. The fourth-order valence-electron chi connectivity index (χ4n) is 3.44. The Kier molecular flexibility index (Phi) is 4.35. The second-order valence-electron chi connectivity index (χ2n) is 6.96. The summed E-state index contributed by atoms with van der Waals surface area (Å²) < 4.78 is 3.16. The smallest absolute Gasteiger partial charge is 0.274 e. The zero-order valence-electron chi connectivity index (χ0n) is 15.9. The van der Waals surface area contributed by atoms with Gasteiger partial charge < -0.3 is 14.9 Å². The van der Waals surface area contributed by atoms with Crippen molar-refractivity contribution in [2.24, 2.45) is 14.1 Å². The standard InChI is InChI=1S/C21H21N5O2/c1-13(14-7-5-4-6-8-14)17-12-25(2)21(28)19-16(17)9-18(24-19)20(27)23-15-10-22-26(3)11-15/h4-13,24H,1-3H3,(H,23,27). The fraction of sp³-hybridized carbons (Fsp3) is 0.190. The Morgan fingerprint density at radius 3 is 2.61 bits per heavy atom. The molecule has 0 aliphatic heterocycles. The van der Waals surface area contributed by atoms with Crippen LogP contribution in [0.3, 0.4) is 0 Å². The number of carbonyl (C=O) groups is 1. The van der Waals surface area contributed by atoms with Crippen molar-refractivity contribution in [2.45, 2.75) is 12.8 Å². The van der Waals surface area contributed by atoms with E-state index in [0.29, 0.717) is 16.9 Å². The summed E-state index contributed by atoms with van der Waals surface area (Å²) in [5.41, 5.74) is 3.32. The number of carbonyl (C=O) groups excluding carboxylic acids is 1. The number of aryl methyl sites for hydroxylation is 2. The number of hydrogen-bond donors (Lipinski definition) is 2. The Bertz CT molecular complexity index is 1220. The van der Waals surface area contributed by atoms with Crippen LogP contribution in [-0.2, 0) is 14.1 Å². The maximum atomic E-state index is 12.7. The number of hydrogen-bond acceptors (Lipinski definition) is 3. The van der Waals surface area contributed by atoms with Crippen molar-refractivity contribution in [3.05, 3.63) is 82.2 Å². The van der Waals surface area contributed by atoms with Crippen LogP contribution in [0.4, 0.5) is 5.69 Å². The third-order valence-corrected chi connectivity index (χ3v) is 4.97. The van der Waals surface area contributed by atoms with Crippen molar-refractivity contribution in [3.63, 3.8) is 0 Å². The molecule has 4 rings (SSSR count). The third kappa shape index (κ3) is 3.11. The lowest BCUT2D eigenvalue weighted by atomic mass is 9.92. The summed E-state index contributed by atoms with van der Waals surface area (Å²) in [4.78, 5) is 28.3. The van der Waals surface area contributed by atoms with Crippen molar-refractivity contribution in [2.75, 3.05) is 5.32 Å². The Hall–Kier alpha value is -3.61. The van der Waals surface area contributed by atoms with Crippen molar-refractivity contribution < 1.29 is 4.79 Å². The summed E-state index contributed by atoms with van der Waals surface area (Å²) in [7, 11) is 3.50. The van der Waals surface area contributed by atoms with Crippen LogP contribution in [0.2, 0.25) is 0 Å². The Morgan fingerprint density at radius 1 is 1.18 bits per heavy atom. The second kappa shape index (κ2) is 6.84. The van der Waals surface area contributed by atoms with Gasteiger partial charge in [0.2, 0.25) is 0 Å². The van der Waals surface area contributed by atoms with Gasteiger partial charge in [-0.1, -0.05) is 37.3 Å². The molecule has 1 aromatic carbocycles. The summed E-state index contributed by atoms with van der Waals surface area (Å²) >= 11 is 0. The first-order chi connectivity index (χ1) is 13.4. The number of anilines is 1. The number of H-pyrrole nitrogens is 1. The van der Waals surface area contributed by atoms with E-state index >= 15 is 0 Å². The Morgan fingerprint density at radius 2 is 1.93 bits per heavy atom. The van der Waals surface area contributed by atoms with Gasteiger partial charge in [-0.25, -0.2) is 0 Å². The van der Waals surface area contributed by atoms with E-state index in [0.717, 1.165) is 16.5 Å². The molecular weight excluding hydrogens is 354 g/mol. The van der Waals surface area contributed by atoms with Crippen LogP contribution in [0.15, 0.2) is 59.8 Å². The molecule has 2 N–H and O–H groups in total. The molecule has 0 saturated carbocycles. The highest BCUT2D eigenvalue weighted by molar-refractivity contribution is 6.06. The molecule has 1 unspecified atom stereocenters. The summed E-state index contributed by atoms with van der Waals surface area (Å²) in [6.07, 6.45) is 5.13. The molecular formula is C21H21N5O2. The zero-order valence-corrected chi connectivity index (χ0v) is 15.9. The molecule has 0 aliphatic rings. The lowest BCUT2D eigenvalue weighted by molar-refractivity contribution is 0.102. The zero-order chi connectivity index (χ0) is 19.8. The minimum absolute atomic E-state index is 0.0699. The first-order valence-corrected chi connectivity index (χ1v) is 9.01. The predicted octanol–water partition coefficient (Wildman–Crippen LogP) is 3.00. The number of pyridine rings is 1. The molecule has 4 aromatic rings. The molecule has 0 spiro atoms. The number of aromatic nitrogens is 4. The molecule has 0 bridgehead atoms. The number of amides is 1. The molecule has 7 nitrogen and oxygen atoms in total. The van der Waals surface area contributed by atoms with Crippen molar-refractivity contribution in [1.29, 1.82) is 0 Å². The minimum atomic E-state index is -0.315. The average molecular weight is 375 g/mol. The number of nitrogens with zero attached hydrogens (tertiary/aromatic N) is 3. The lowest BCUT2D eigenvalue weighted by Crippen LogP contribution is -2.18. The van der Waals surface area contributed by atoms with E-state index in [1.165, 1.54) is 0 Å². The molecule has 3 heterocycles. The van der Waals surface area contributed by atoms with Crippen molar-refractivity contribution in [3.8, 4) is 0 Å². The number of rotatable bonds is 4. The molecule has 7 heteroatoms. The van der Waals surface area contributed by atoms with E-state index in [-0.39, 0.29) is 17.4 Å². The summed E-state index contributed by atoms with van der Waals surface area (Å²) in [6, 6.07) is 11.8. The van der Waals surface area contributed by atoms with Crippen LogP contribution >= 0.6 is 0 Å². The lowest BCUT2D eigenvalue weighted by Gasteiger charge is -2.15. The minimum Gasteiger partial charge on any atom is -0.346 e. The first kappa shape index (κ1) is 17.8. The van der Waals surface area contributed by atoms with Gasteiger partial charge in [0.05, 0.1) is 11.9 Å². The SMILES string of the molecule is CC(c1ccccc1)c1cn(C)c(=O)c2[nH]c(C(=O)Nc3cnn(C)c3)cc12. The summed E-state index contributed by atoms with van der Waals surface area (Å²) in [5, 5.41) is 7.59. The van der Waals surface area contributed by atoms with Crippen LogP contribution in [0, 0.1) is 0 Å². The molecule has 3 aromatic heterocycles. The van der Waals surface area contributed by atoms with E-state index in [4.69, 9.17) is 0 Å². The molecule has 0 aliphatic carbocycles. The van der Waals surface area contributed by atoms with Crippen LogP contribution in [0.5, 0.6) is 0 Å². The fourth-order valence-corrected chi connectivity index (χ4v) is 3.44. The van der Waals surface area contributed by atoms with Crippen LogP contribution in [-0.4, -0.2) is 25.2 Å². The van der Waals surface area contributed by atoms with Gasteiger partial charge in [-0.05, 0) is 17.2 Å². The summed E-state index contributed by atoms with van der Waals surface area (Å²) in [5.74, 6) is -0.245. The number of fused-ring (bicyclic) bond motifs is 1. The van der Waals surface area contributed by atoms with Crippen molar-refractivity contribution in [1.82, 2.24) is 19.3 Å². The molecule has 1 amide bonds. The quantitative estimate of drug-likeness (QED) is 0.575. The monoisotopic (exact) mass is 375 g/mol. The number of aromatic amines is 1. The van der Waals surface area contributed by atoms with E-state index in [2.05, 4.69) is 34.5 Å². The van der Waals surface area contributed by atoms with Gasteiger partial charge in [0.25, 0.3) is 11.5 Å². The molecule has 142 valence electrons. The number of benzene rings is 1. The van der Waals surface area contributed by atoms with E-state index in [9.17, 15) is 9.59 Å². The van der Waals surface area contributed by atoms with Gasteiger partial charge in [0.1, 0.15) is 11.2 Å². The maximum absolute atomic E-state index is 12.7. The van der Waals surface area contributed by atoms with Crippen LogP contribution in [0.25, 0.3) is 10.9 Å². The average Bonchev–Trinajstić information content (AvgIpc) is 3.31. The van der Waals surface area contributed by atoms with Crippen molar-refractivity contribution >= 4 is 22.5 Å². The second-order valence-corrected chi connectivity index (χ2v) is 6.96. The number of nitrogens with one attached hydrogen (secondary N) is 2. The van der Waals surface area contributed by atoms with Gasteiger partial charge in [-0.3, -0.25) is 14.3 Å². The highest BCUT2D eigenvalue weighted by Gasteiger charge is 2.19. The topological polar surface area (TPSA) is 84.7 Å². The van der Waals surface area contributed by atoms with E-state index in [1.54, 1.807) is 41.8 Å². The normalized spacial score (nSPS) is 12.2. The molecule has 0 radical (unpaired) electrons. The highest BCUT2D eigenvalue weighted by atomic mass is 16.2. The van der Waals surface area contributed by atoms with Gasteiger partial charge >= 0.3 is 0 Å². The van der Waals surface area contributed by atoms with Gasteiger partial charge in [0.15, 0.2) is 0 Å². The molecule has 0 fully saturated rings. The van der Waals surface area contributed by atoms with Gasteiger partial charge in [0, 0.05) is 37.8 Å². The molecule has 0 saturated heterocycles.